The third kappa shape index (κ3) is 3.67. The summed E-state index contributed by atoms with van der Waals surface area (Å²) < 4.78 is 0. The average molecular weight is 366 g/mol. The van der Waals surface area contributed by atoms with Crippen LogP contribution in [-0.2, 0) is 17.6 Å². The molecule has 0 aromatic carbocycles. The maximum absolute atomic E-state index is 12.4. The zero-order valence-corrected chi connectivity index (χ0v) is 15.7. The molecular formula is C17H23N3O2S2. The second-order valence-corrected chi connectivity index (χ2v) is 8.18. The van der Waals surface area contributed by atoms with Crippen molar-refractivity contribution < 1.29 is 4.79 Å². The second kappa shape index (κ2) is 7.70. The SMILES string of the molecule is CCC(CC)NC(=O)CSc1nc2sc3c(c2c(=O)[nH]1)CCCC3. The number of carbonyl (C=O) groups is 1. The predicted molar refractivity (Wildman–Crippen MR) is 100 cm³/mol. The first-order chi connectivity index (χ1) is 11.6. The summed E-state index contributed by atoms with van der Waals surface area (Å²) in [6, 6.07) is 0.219. The third-order valence-corrected chi connectivity index (χ3v) is 6.55. The summed E-state index contributed by atoms with van der Waals surface area (Å²) in [5, 5.41) is 4.30. The lowest BCUT2D eigenvalue weighted by Crippen LogP contribution is -2.35. The van der Waals surface area contributed by atoms with Gasteiger partial charge in [0.15, 0.2) is 5.16 Å². The molecule has 0 saturated heterocycles. The van der Waals surface area contributed by atoms with Gasteiger partial charge in [-0.1, -0.05) is 25.6 Å². The normalized spacial score (nSPS) is 14.1. The van der Waals surface area contributed by atoms with E-state index in [4.69, 9.17) is 0 Å². The number of nitrogens with one attached hydrogen (secondary N) is 2. The fraction of sp³-hybridized carbons (Fsp3) is 0.588. The van der Waals surface area contributed by atoms with Gasteiger partial charge in [0.1, 0.15) is 4.83 Å². The van der Waals surface area contributed by atoms with Gasteiger partial charge in [-0.3, -0.25) is 9.59 Å². The van der Waals surface area contributed by atoms with Gasteiger partial charge in [0, 0.05) is 10.9 Å². The molecule has 0 fully saturated rings. The molecule has 0 radical (unpaired) electrons. The van der Waals surface area contributed by atoms with Crippen LogP contribution in [0.25, 0.3) is 10.2 Å². The summed E-state index contributed by atoms with van der Waals surface area (Å²) in [5.41, 5.74) is 1.13. The minimum atomic E-state index is -0.0673. The van der Waals surface area contributed by atoms with Gasteiger partial charge < -0.3 is 10.3 Å². The smallest absolute Gasteiger partial charge is 0.260 e. The minimum absolute atomic E-state index is 0.0121. The van der Waals surface area contributed by atoms with Crippen LogP contribution in [0.4, 0.5) is 0 Å². The number of H-pyrrole nitrogens is 1. The van der Waals surface area contributed by atoms with E-state index in [2.05, 4.69) is 29.1 Å². The van der Waals surface area contributed by atoms with E-state index >= 15 is 0 Å². The van der Waals surface area contributed by atoms with Crippen molar-refractivity contribution in [1.29, 1.82) is 0 Å². The number of amides is 1. The molecule has 130 valence electrons. The zero-order chi connectivity index (χ0) is 17.1. The molecule has 2 aromatic heterocycles. The molecule has 1 aliphatic rings. The molecule has 0 unspecified atom stereocenters. The van der Waals surface area contributed by atoms with Crippen molar-refractivity contribution in [2.75, 3.05) is 5.75 Å². The lowest BCUT2D eigenvalue weighted by atomic mass is 9.97. The Kier molecular flexibility index (Phi) is 5.61. The summed E-state index contributed by atoms with van der Waals surface area (Å²) in [4.78, 5) is 34.0. The molecule has 24 heavy (non-hydrogen) atoms. The molecule has 0 bridgehead atoms. The Morgan fingerprint density at radius 1 is 1.33 bits per heavy atom. The second-order valence-electron chi connectivity index (χ2n) is 6.13. The molecule has 0 saturated carbocycles. The maximum Gasteiger partial charge on any atom is 0.260 e. The summed E-state index contributed by atoms with van der Waals surface area (Å²) >= 11 is 2.93. The number of nitrogens with zero attached hydrogens (tertiary/aromatic N) is 1. The van der Waals surface area contributed by atoms with Crippen LogP contribution in [0.5, 0.6) is 0 Å². The van der Waals surface area contributed by atoms with Crippen LogP contribution in [0, 0.1) is 0 Å². The standard InChI is InChI=1S/C17H23N3O2S2/c1-3-10(4-2)18-13(21)9-23-17-19-15(22)14-11-7-5-6-8-12(11)24-16(14)20-17/h10H,3-9H2,1-2H3,(H,18,21)(H,19,20,22). The van der Waals surface area contributed by atoms with Crippen molar-refractivity contribution >= 4 is 39.2 Å². The van der Waals surface area contributed by atoms with Gasteiger partial charge in [-0.25, -0.2) is 4.98 Å². The van der Waals surface area contributed by atoms with Crippen LogP contribution in [0.2, 0.25) is 0 Å². The number of aryl methyl sites for hydroxylation is 2. The van der Waals surface area contributed by atoms with Crippen molar-refractivity contribution in [3.63, 3.8) is 0 Å². The summed E-state index contributed by atoms with van der Waals surface area (Å²) in [6.07, 6.45) is 6.21. The Labute approximate surface area is 149 Å². The number of thiophene rings is 1. The lowest BCUT2D eigenvalue weighted by molar-refractivity contribution is -0.119. The summed E-state index contributed by atoms with van der Waals surface area (Å²) in [5.74, 6) is 0.262. The number of thioether (sulfide) groups is 1. The number of carbonyl (C=O) groups excluding carboxylic acids is 1. The first-order valence-electron chi connectivity index (χ1n) is 8.59. The Morgan fingerprint density at radius 2 is 2.08 bits per heavy atom. The highest BCUT2D eigenvalue weighted by molar-refractivity contribution is 7.99. The van der Waals surface area contributed by atoms with E-state index in [9.17, 15) is 9.59 Å². The van der Waals surface area contributed by atoms with E-state index < -0.39 is 0 Å². The first-order valence-corrected chi connectivity index (χ1v) is 10.4. The zero-order valence-electron chi connectivity index (χ0n) is 14.1. The highest BCUT2D eigenvalue weighted by atomic mass is 32.2. The van der Waals surface area contributed by atoms with E-state index in [-0.39, 0.29) is 23.3 Å². The maximum atomic E-state index is 12.4. The van der Waals surface area contributed by atoms with Gasteiger partial charge in [0.05, 0.1) is 11.1 Å². The number of aromatic amines is 1. The molecule has 1 amide bonds. The third-order valence-electron chi connectivity index (χ3n) is 4.49. The molecule has 0 aliphatic heterocycles. The van der Waals surface area contributed by atoms with Crippen LogP contribution in [-0.4, -0.2) is 27.7 Å². The highest BCUT2D eigenvalue weighted by Crippen LogP contribution is 2.34. The van der Waals surface area contributed by atoms with Gasteiger partial charge in [-0.15, -0.1) is 11.3 Å². The van der Waals surface area contributed by atoms with E-state index in [1.807, 2.05) is 0 Å². The number of aromatic nitrogens is 2. The Bertz CT molecular complexity index is 793. The van der Waals surface area contributed by atoms with Crippen molar-refractivity contribution in [3.8, 4) is 0 Å². The van der Waals surface area contributed by atoms with Crippen molar-refractivity contribution in [2.45, 2.75) is 63.6 Å². The van der Waals surface area contributed by atoms with Crippen LogP contribution in [0.15, 0.2) is 9.95 Å². The van der Waals surface area contributed by atoms with E-state index in [0.29, 0.717) is 5.16 Å². The Balaban J connectivity index is 1.74. The molecule has 2 aromatic rings. The number of rotatable bonds is 6. The van der Waals surface area contributed by atoms with E-state index in [0.717, 1.165) is 42.3 Å². The fourth-order valence-corrected chi connectivity index (χ4v) is 5.10. The van der Waals surface area contributed by atoms with Crippen molar-refractivity contribution in [1.82, 2.24) is 15.3 Å². The van der Waals surface area contributed by atoms with E-state index in [1.165, 1.54) is 28.6 Å². The molecule has 7 heteroatoms. The van der Waals surface area contributed by atoms with Gasteiger partial charge in [0.25, 0.3) is 5.56 Å². The molecule has 2 N–H and O–H groups in total. The minimum Gasteiger partial charge on any atom is -0.353 e. The molecule has 5 nitrogen and oxygen atoms in total. The van der Waals surface area contributed by atoms with Crippen LogP contribution < -0.4 is 10.9 Å². The molecule has 0 spiro atoms. The molecule has 1 aliphatic carbocycles. The number of fused-ring (bicyclic) bond motifs is 3. The van der Waals surface area contributed by atoms with Crippen molar-refractivity contribution in [2.24, 2.45) is 0 Å². The van der Waals surface area contributed by atoms with Gasteiger partial charge in [0.2, 0.25) is 5.91 Å². The van der Waals surface area contributed by atoms with Crippen LogP contribution in [0.1, 0.15) is 50.0 Å². The first kappa shape index (κ1) is 17.5. The monoisotopic (exact) mass is 365 g/mol. The summed E-state index contributed by atoms with van der Waals surface area (Å²) in [7, 11) is 0. The molecule has 2 heterocycles. The highest BCUT2D eigenvalue weighted by Gasteiger charge is 2.20. The number of hydrogen-bond donors (Lipinski definition) is 2. The largest absolute Gasteiger partial charge is 0.353 e. The molecular weight excluding hydrogens is 342 g/mol. The van der Waals surface area contributed by atoms with Crippen LogP contribution in [0.3, 0.4) is 0 Å². The topological polar surface area (TPSA) is 74.8 Å². The lowest BCUT2D eigenvalue weighted by Gasteiger charge is -2.14. The van der Waals surface area contributed by atoms with Gasteiger partial charge in [-0.2, -0.15) is 0 Å². The van der Waals surface area contributed by atoms with Crippen molar-refractivity contribution in [3.05, 3.63) is 20.8 Å². The fourth-order valence-electron chi connectivity index (χ4n) is 3.11. The van der Waals surface area contributed by atoms with Crippen LogP contribution >= 0.6 is 23.1 Å². The molecule has 3 rings (SSSR count). The summed E-state index contributed by atoms with van der Waals surface area (Å²) in [6.45, 7) is 4.13. The molecule has 0 atom stereocenters. The Hall–Kier alpha value is -1.34. The van der Waals surface area contributed by atoms with E-state index in [1.54, 1.807) is 11.3 Å². The average Bonchev–Trinajstić information content (AvgIpc) is 2.96. The predicted octanol–water partition coefficient (Wildman–Crippen LogP) is 3.26. The quantitative estimate of drug-likeness (QED) is 0.609. The number of hydrogen-bond acceptors (Lipinski definition) is 5. The Morgan fingerprint density at radius 3 is 2.83 bits per heavy atom. The van der Waals surface area contributed by atoms with Gasteiger partial charge >= 0.3 is 0 Å². The van der Waals surface area contributed by atoms with Gasteiger partial charge in [-0.05, 0) is 44.1 Å².